The van der Waals surface area contributed by atoms with Crippen LogP contribution in [0.5, 0.6) is 0 Å². The van der Waals surface area contributed by atoms with E-state index in [-0.39, 0.29) is 5.56 Å². The Labute approximate surface area is 174 Å². The van der Waals surface area contributed by atoms with Crippen molar-refractivity contribution in [2.75, 3.05) is 6.54 Å². The number of hydrogen-bond donors (Lipinski definition) is 0. The number of alkyl halides is 15. The van der Waals surface area contributed by atoms with E-state index in [0.29, 0.717) is 6.07 Å². The normalized spacial score (nSPS) is 19.3. The summed E-state index contributed by atoms with van der Waals surface area (Å²) in [6.45, 7) is 0.542. The van der Waals surface area contributed by atoms with Crippen LogP contribution in [-0.2, 0) is 0 Å². The van der Waals surface area contributed by atoms with E-state index < -0.39 is 65.4 Å². The first kappa shape index (κ1) is 27.1. The zero-order chi connectivity index (χ0) is 26.1. The number of nitrogens with zero attached hydrogens (tertiary/aromatic N) is 1. The van der Waals surface area contributed by atoms with Crippen molar-refractivity contribution in [3.8, 4) is 0 Å². The number of rotatable bonds is 6. The Hall–Kier alpha value is -2.16. The van der Waals surface area contributed by atoms with Crippen LogP contribution in [-0.4, -0.2) is 54.0 Å². The summed E-state index contributed by atoms with van der Waals surface area (Å²) in [6.07, 6.45) is -7.63. The number of fused-ring (bicyclic) bond motifs is 1. The predicted molar refractivity (Wildman–Crippen MR) is 82.0 cm³/mol. The molecule has 1 aromatic rings. The van der Waals surface area contributed by atoms with Crippen molar-refractivity contribution in [1.29, 1.82) is 0 Å². The van der Waals surface area contributed by atoms with E-state index >= 15 is 0 Å². The molecule has 0 fully saturated rings. The van der Waals surface area contributed by atoms with Crippen LogP contribution in [0.25, 0.3) is 0 Å². The Bertz CT molecular complexity index is 929. The third kappa shape index (κ3) is 3.45. The zero-order valence-corrected chi connectivity index (χ0v) is 15.7. The second kappa shape index (κ2) is 7.42. The lowest BCUT2D eigenvalue weighted by molar-refractivity contribution is -0.448. The standard InChI is InChI=1S/C17H10F15N/c1-7-6-33-10(9-5-3-2-4-8(7)9)11(18,19)12(20,21)13(22,23)14(24,25)15(26,27)16(28,29)17(30,31)32/h2-5,7H,6H2,1H3. The fourth-order valence-electron chi connectivity index (χ4n) is 2.94. The molecule has 1 aromatic carbocycles. The van der Waals surface area contributed by atoms with Crippen molar-refractivity contribution < 1.29 is 65.9 Å². The SMILES string of the molecule is CC1CN=C(C(F)(F)C(F)(F)C(F)(F)C(F)(F)C(F)(F)C(F)(F)C(F)(F)F)c2ccccc21. The number of benzene rings is 1. The van der Waals surface area contributed by atoms with Crippen molar-refractivity contribution >= 4 is 5.71 Å². The van der Waals surface area contributed by atoms with Crippen LogP contribution in [0.2, 0.25) is 0 Å². The summed E-state index contributed by atoms with van der Waals surface area (Å²) in [5.74, 6) is -47.6. The van der Waals surface area contributed by atoms with Gasteiger partial charge in [0.1, 0.15) is 5.71 Å². The first-order valence-corrected chi connectivity index (χ1v) is 8.48. The maximum absolute atomic E-state index is 14.5. The largest absolute Gasteiger partial charge is 0.460 e. The molecule has 1 aliphatic rings. The minimum absolute atomic E-state index is 0.206. The summed E-state index contributed by atoms with van der Waals surface area (Å²) >= 11 is 0. The number of hydrogen-bond acceptors (Lipinski definition) is 1. The smallest absolute Gasteiger partial charge is 0.282 e. The van der Waals surface area contributed by atoms with Gasteiger partial charge in [-0.15, -0.1) is 0 Å². The second-order valence-corrected chi connectivity index (χ2v) is 7.12. The minimum Gasteiger partial charge on any atom is -0.282 e. The van der Waals surface area contributed by atoms with Crippen molar-refractivity contribution in [2.24, 2.45) is 4.99 Å². The highest BCUT2D eigenvalue weighted by Crippen LogP contribution is 2.62. The van der Waals surface area contributed by atoms with Gasteiger partial charge >= 0.3 is 41.7 Å². The molecule has 2 rings (SSSR count). The van der Waals surface area contributed by atoms with E-state index in [2.05, 4.69) is 4.99 Å². The van der Waals surface area contributed by atoms with E-state index in [4.69, 9.17) is 0 Å². The molecule has 0 amide bonds. The highest BCUT2D eigenvalue weighted by molar-refractivity contribution is 6.08. The summed E-state index contributed by atoms with van der Waals surface area (Å²) in [5, 5.41) is 0. The van der Waals surface area contributed by atoms with Crippen LogP contribution in [0, 0.1) is 0 Å². The number of halogens is 15. The molecule has 1 atom stereocenters. The summed E-state index contributed by atoms with van der Waals surface area (Å²) in [4.78, 5) is 2.93. The van der Waals surface area contributed by atoms with Crippen LogP contribution >= 0.6 is 0 Å². The highest BCUT2D eigenvalue weighted by atomic mass is 19.4. The van der Waals surface area contributed by atoms with Gasteiger partial charge in [0, 0.05) is 18.0 Å². The fourth-order valence-corrected chi connectivity index (χ4v) is 2.94. The van der Waals surface area contributed by atoms with E-state index in [0.717, 1.165) is 12.1 Å². The molecule has 1 heterocycles. The molecule has 0 aliphatic carbocycles. The third-order valence-electron chi connectivity index (χ3n) is 4.90. The average molecular weight is 513 g/mol. The fraction of sp³-hybridized carbons (Fsp3) is 0.588. The molecule has 0 bridgehead atoms. The van der Waals surface area contributed by atoms with Gasteiger partial charge in [-0.1, -0.05) is 31.2 Å². The lowest BCUT2D eigenvalue weighted by Gasteiger charge is -2.42. The van der Waals surface area contributed by atoms with E-state index in [9.17, 15) is 65.9 Å². The molecule has 1 aliphatic heterocycles. The molecule has 0 saturated heterocycles. The van der Waals surface area contributed by atoms with E-state index in [1.807, 2.05) is 0 Å². The van der Waals surface area contributed by atoms with Crippen LogP contribution in [0.15, 0.2) is 29.3 Å². The monoisotopic (exact) mass is 513 g/mol. The van der Waals surface area contributed by atoms with Crippen molar-refractivity contribution in [3.05, 3.63) is 35.4 Å². The molecular formula is C17H10F15N. The Morgan fingerprint density at radius 3 is 1.55 bits per heavy atom. The molecule has 0 spiro atoms. The molecule has 0 N–H and O–H groups in total. The van der Waals surface area contributed by atoms with Gasteiger partial charge < -0.3 is 0 Å². The third-order valence-corrected chi connectivity index (χ3v) is 4.90. The lowest BCUT2D eigenvalue weighted by Crippen LogP contribution is -2.73. The van der Waals surface area contributed by atoms with Crippen LogP contribution in [0.3, 0.4) is 0 Å². The maximum Gasteiger partial charge on any atom is 0.460 e. The summed E-state index contributed by atoms with van der Waals surface area (Å²) in [5.41, 5.74) is -3.43. The second-order valence-electron chi connectivity index (χ2n) is 7.12. The quantitative estimate of drug-likeness (QED) is 0.365. The van der Waals surface area contributed by atoms with Gasteiger partial charge in [0.05, 0.1) is 0 Å². The summed E-state index contributed by atoms with van der Waals surface area (Å²) < 4.78 is 201. The maximum atomic E-state index is 14.5. The van der Waals surface area contributed by atoms with Gasteiger partial charge in [0.15, 0.2) is 0 Å². The number of aliphatic imine (C=N–C) groups is 1. The molecule has 1 unspecified atom stereocenters. The molecule has 0 aromatic heterocycles. The van der Waals surface area contributed by atoms with Gasteiger partial charge in [-0.05, 0) is 5.56 Å². The van der Waals surface area contributed by atoms with Gasteiger partial charge in [0.2, 0.25) is 0 Å². The molecule has 0 radical (unpaired) electrons. The first-order chi connectivity index (χ1) is 14.5. The first-order valence-electron chi connectivity index (χ1n) is 8.48. The summed E-state index contributed by atoms with van der Waals surface area (Å²) in [7, 11) is 0. The Kier molecular flexibility index (Phi) is 6.09. The van der Waals surface area contributed by atoms with Crippen molar-refractivity contribution in [3.63, 3.8) is 0 Å². The predicted octanol–water partition coefficient (Wildman–Crippen LogP) is 6.97. The highest BCUT2D eigenvalue weighted by Gasteiger charge is 2.93. The van der Waals surface area contributed by atoms with Crippen LogP contribution in [0.4, 0.5) is 65.9 Å². The Morgan fingerprint density at radius 2 is 1.06 bits per heavy atom. The molecule has 188 valence electrons. The average Bonchev–Trinajstić information content (AvgIpc) is 2.66. The zero-order valence-electron chi connectivity index (χ0n) is 15.7. The van der Waals surface area contributed by atoms with Crippen LogP contribution < -0.4 is 0 Å². The van der Waals surface area contributed by atoms with E-state index in [1.54, 1.807) is 0 Å². The molecule has 1 nitrogen and oxygen atoms in total. The Balaban J connectivity index is 2.66. The summed E-state index contributed by atoms with van der Waals surface area (Å²) in [6, 6.07) is 3.80. The van der Waals surface area contributed by atoms with Crippen molar-refractivity contribution in [1.82, 2.24) is 0 Å². The molecule has 0 saturated carbocycles. The molecule has 33 heavy (non-hydrogen) atoms. The molecule has 16 heteroatoms. The van der Waals surface area contributed by atoms with Crippen LogP contribution in [0.1, 0.15) is 24.0 Å². The topological polar surface area (TPSA) is 12.4 Å². The minimum atomic E-state index is -8.31. The lowest BCUT2D eigenvalue weighted by atomic mass is 9.83. The Morgan fingerprint density at radius 1 is 0.636 bits per heavy atom. The molecular weight excluding hydrogens is 503 g/mol. The van der Waals surface area contributed by atoms with Gasteiger partial charge in [-0.3, -0.25) is 4.99 Å². The van der Waals surface area contributed by atoms with Gasteiger partial charge in [-0.25, -0.2) is 0 Å². The van der Waals surface area contributed by atoms with Gasteiger partial charge in [-0.2, -0.15) is 65.9 Å². The van der Waals surface area contributed by atoms with Crippen molar-refractivity contribution in [2.45, 2.75) is 54.6 Å². The van der Waals surface area contributed by atoms with Gasteiger partial charge in [0.25, 0.3) is 0 Å². The van der Waals surface area contributed by atoms with E-state index in [1.165, 1.54) is 13.0 Å².